The third-order valence-corrected chi connectivity index (χ3v) is 9.33. The average molecular weight is 631 g/mol. The number of methoxy groups -OCH3 is 2. The molecule has 14 heteroatoms. The highest BCUT2D eigenvalue weighted by Crippen LogP contribution is 2.45. The van der Waals surface area contributed by atoms with E-state index in [-0.39, 0.29) is 36.4 Å². The number of sulfonamides is 1. The molecule has 10 nitrogen and oxygen atoms in total. The number of halogens is 3. The van der Waals surface area contributed by atoms with Crippen molar-refractivity contribution < 1.29 is 31.1 Å². The maximum absolute atomic E-state index is 14.6. The third-order valence-electron chi connectivity index (χ3n) is 7.85. The number of alkyl halides is 3. The fraction of sp³-hybridized carbons (Fsp3) is 0.367. The number of nitrogens with two attached hydrogens (primary N) is 1. The first kappa shape index (κ1) is 31.4. The molecule has 0 saturated heterocycles. The molecule has 3 N–H and O–H groups in total. The highest BCUT2D eigenvalue weighted by molar-refractivity contribution is 7.89. The highest BCUT2D eigenvalue weighted by atomic mass is 32.2. The number of aromatic nitrogens is 4. The van der Waals surface area contributed by atoms with Crippen LogP contribution in [0.15, 0.2) is 65.6 Å². The van der Waals surface area contributed by atoms with Crippen LogP contribution in [0.2, 0.25) is 0 Å². The largest absolute Gasteiger partial charge is 0.497 e. The van der Waals surface area contributed by atoms with Crippen molar-refractivity contribution in [3.63, 3.8) is 0 Å². The number of ether oxygens (including phenoxy) is 2. The summed E-state index contributed by atoms with van der Waals surface area (Å²) in [6.45, 7) is -0.168. The smallest absolute Gasteiger partial charge is 0.417 e. The normalized spacial score (nSPS) is 17.4. The molecule has 234 valence electrons. The van der Waals surface area contributed by atoms with Crippen molar-refractivity contribution in [1.82, 2.24) is 24.9 Å². The zero-order valence-electron chi connectivity index (χ0n) is 24.2. The summed E-state index contributed by atoms with van der Waals surface area (Å²) in [7, 11) is -1.74. The molecule has 1 saturated carbocycles. The summed E-state index contributed by atoms with van der Waals surface area (Å²) in [5, 5.41) is 11.9. The van der Waals surface area contributed by atoms with Crippen molar-refractivity contribution in [2.24, 2.45) is 5.73 Å². The van der Waals surface area contributed by atoms with E-state index in [4.69, 9.17) is 15.2 Å². The van der Waals surface area contributed by atoms with Gasteiger partial charge in [-0.15, -0.1) is 5.10 Å². The molecule has 44 heavy (non-hydrogen) atoms. The molecule has 0 bridgehead atoms. The minimum Gasteiger partial charge on any atom is -0.497 e. The molecule has 1 aromatic heterocycles. The Morgan fingerprint density at radius 1 is 0.909 bits per heavy atom. The van der Waals surface area contributed by atoms with Crippen LogP contribution in [-0.2, 0) is 29.3 Å². The van der Waals surface area contributed by atoms with Gasteiger partial charge < -0.3 is 15.2 Å². The SMILES string of the molecule is COc1ccc(CNS(=O)(=O)c2c(C(F)(F)F)ccc(C3CCC(N)CC3)c2-c2nnnn2Cc2ccc(OC)cc2)cc1. The van der Waals surface area contributed by atoms with E-state index in [2.05, 4.69) is 20.2 Å². The second-order valence-corrected chi connectivity index (χ2v) is 12.4. The second-order valence-electron chi connectivity index (χ2n) is 10.7. The molecule has 0 aliphatic heterocycles. The van der Waals surface area contributed by atoms with E-state index in [1.165, 1.54) is 25.0 Å². The van der Waals surface area contributed by atoms with Crippen LogP contribution in [0.25, 0.3) is 11.4 Å². The first-order valence-electron chi connectivity index (χ1n) is 14.0. The third kappa shape index (κ3) is 6.87. The van der Waals surface area contributed by atoms with Gasteiger partial charge in [-0.1, -0.05) is 30.3 Å². The van der Waals surface area contributed by atoms with Crippen LogP contribution in [0.1, 0.15) is 53.9 Å². The van der Waals surface area contributed by atoms with Gasteiger partial charge in [-0.2, -0.15) is 13.2 Å². The van der Waals surface area contributed by atoms with Crippen LogP contribution in [0.4, 0.5) is 13.2 Å². The quantitative estimate of drug-likeness (QED) is 0.253. The van der Waals surface area contributed by atoms with Crippen LogP contribution < -0.4 is 19.9 Å². The highest BCUT2D eigenvalue weighted by Gasteiger charge is 2.42. The number of rotatable bonds is 10. The van der Waals surface area contributed by atoms with E-state index in [1.807, 2.05) is 0 Å². The maximum Gasteiger partial charge on any atom is 0.417 e. The summed E-state index contributed by atoms with van der Waals surface area (Å²) < 4.78 is 85.8. The molecule has 0 spiro atoms. The summed E-state index contributed by atoms with van der Waals surface area (Å²) in [5.41, 5.74) is 6.36. The number of hydrogen-bond acceptors (Lipinski definition) is 8. The number of nitrogens with zero attached hydrogens (tertiary/aromatic N) is 4. The lowest BCUT2D eigenvalue weighted by atomic mass is 9.79. The Labute approximate surface area is 253 Å². The predicted octanol–water partition coefficient (Wildman–Crippen LogP) is 4.89. The zero-order valence-corrected chi connectivity index (χ0v) is 25.0. The minimum atomic E-state index is -4.99. The molecule has 1 aliphatic carbocycles. The Morgan fingerprint density at radius 2 is 1.50 bits per heavy atom. The molecular weight excluding hydrogens is 597 g/mol. The fourth-order valence-corrected chi connectivity index (χ4v) is 6.94. The summed E-state index contributed by atoms with van der Waals surface area (Å²) in [4.78, 5) is -0.906. The molecular formula is C30H33F3N6O4S. The molecule has 0 radical (unpaired) electrons. The summed E-state index contributed by atoms with van der Waals surface area (Å²) >= 11 is 0. The maximum atomic E-state index is 14.6. The van der Waals surface area contributed by atoms with Crippen molar-refractivity contribution in [1.29, 1.82) is 0 Å². The summed E-state index contributed by atoms with van der Waals surface area (Å²) in [5.74, 6) is 0.856. The van der Waals surface area contributed by atoms with E-state index < -0.39 is 26.7 Å². The lowest BCUT2D eigenvalue weighted by Gasteiger charge is -2.29. The van der Waals surface area contributed by atoms with Gasteiger partial charge in [-0.05, 0) is 89.1 Å². The van der Waals surface area contributed by atoms with Gasteiger partial charge in [0.15, 0.2) is 5.82 Å². The van der Waals surface area contributed by atoms with Gasteiger partial charge in [0.1, 0.15) is 16.4 Å². The molecule has 4 aromatic rings. The molecule has 5 rings (SSSR count). The Hall–Kier alpha value is -4.01. The lowest BCUT2D eigenvalue weighted by Crippen LogP contribution is -2.29. The van der Waals surface area contributed by atoms with E-state index in [1.54, 1.807) is 48.5 Å². The van der Waals surface area contributed by atoms with Crippen LogP contribution in [-0.4, -0.2) is 48.9 Å². The number of tetrazole rings is 1. The van der Waals surface area contributed by atoms with Crippen LogP contribution in [0, 0.1) is 0 Å². The van der Waals surface area contributed by atoms with Gasteiger partial charge in [0.2, 0.25) is 10.0 Å². The number of hydrogen-bond donors (Lipinski definition) is 2. The summed E-state index contributed by atoms with van der Waals surface area (Å²) in [6.07, 6.45) is -2.52. The van der Waals surface area contributed by atoms with Crippen molar-refractivity contribution in [2.45, 2.75) is 61.8 Å². The summed E-state index contributed by atoms with van der Waals surface area (Å²) in [6, 6.07) is 15.7. The topological polar surface area (TPSA) is 134 Å². The molecule has 1 heterocycles. The molecule has 3 aromatic carbocycles. The van der Waals surface area contributed by atoms with E-state index >= 15 is 0 Å². The van der Waals surface area contributed by atoms with Gasteiger partial charge in [-0.25, -0.2) is 17.8 Å². The molecule has 1 fully saturated rings. The van der Waals surface area contributed by atoms with Crippen molar-refractivity contribution in [3.05, 3.63) is 82.9 Å². The van der Waals surface area contributed by atoms with Crippen molar-refractivity contribution >= 4 is 10.0 Å². The van der Waals surface area contributed by atoms with Crippen LogP contribution in [0.5, 0.6) is 11.5 Å². The van der Waals surface area contributed by atoms with Crippen LogP contribution >= 0.6 is 0 Å². The first-order valence-corrected chi connectivity index (χ1v) is 15.5. The van der Waals surface area contributed by atoms with Crippen molar-refractivity contribution in [3.8, 4) is 22.9 Å². The minimum absolute atomic E-state index is 0.0288. The standard InChI is InChI=1S/C30H33F3N6O4S/c1-42-23-11-3-19(4-12-23)17-35-44(40,41)28-26(30(31,32)33)16-15-25(21-7-9-22(34)10-8-21)27(28)29-36-37-38-39(29)18-20-5-13-24(43-2)14-6-20/h3-6,11-16,21-22,35H,7-10,17-18,34H2,1-2H3. The Bertz CT molecular complexity index is 1690. The van der Waals surface area contributed by atoms with E-state index in [0.717, 1.165) is 11.6 Å². The van der Waals surface area contributed by atoms with Gasteiger partial charge in [0.25, 0.3) is 0 Å². The van der Waals surface area contributed by atoms with Crippen molar-refractivity contribution in [2.75, 3.05) is 14.2 Å². The predicted molar refractivity (Wildman–Crippen MR) is 157 cm³/mol. The zero-order chi connectivity index (χ0) is 31.5. The van der Waals surface area contributed by atoms with Crippen LogP contribution in [0.3, 0.4) is 0 Å². The average Bonchev–Trinajstić information content (AvgIpc) is 3.47. The van der Waals surface area contributed by atoms with E-state index in [9.17, 15) is 21.6 Å². The first-order chi connectivity index (χ1) is 21.0. The van der Waals surface area contributed by atoms with Gasteiger partial charge >= 0.3 is 6.18 Å². The number of benzene rings is 3. The van der Waals surface area contributed by atoms with Gasteiger partial charge in [0, 0.05) is 18.2 Å². The monoisotopic (exact) mass is 630 g/mol. The molecule has 0 unspecified atom stereocenters. The second kappa shape index (κ2) is 12.9. The Balaban J connectivity index is 1.66. The molecule has 0 amide bonds. The van der Waals surface area contributed by atoms with Gasteiger partial charge in [0.05, 0.1) is 26.3 Å². The fourth-order valence-electron chi connectivity index (χ4n) is 5.49. The molecule has 0 atom stereocenters. The lowest BCUT2D eigenvalue weighted by molar-refractivity contribution is -0.139. The van der Waals surface area contributed by atoms with Gasteiger partial charge in [-0.3, -0.25) is 0 Å². The number of nitrogens with one attached hydrogen (secondary N) is 1. The van der Waals surface area contributed by atoms with E-state index in [0.29, 0.717) is 48.3 Å². The molecule has 1 aliphatic rings. The Kier molecular flexibility index (Phi) is 9.23. The Morgan fingerprint density at radius 3 is 2.07 bits per heavy atom.